The fourth-order valence-electron chi connectivity index (χ4n) is 5.38. The Hall–Kier alpha value is -3.41. The molecule has 40 heavy (non-hydrogen) atoms. The molecule has 1 N–H and O–H groups in total. The van der Waals surface area contributed by atoms with Gasteiger partial charge in [0.1, 0.15) is 18.6 Å². The summed E-state index contributed by atoms with van der Waals surface area (Å²) in [6, 6.07) is 16.6. The van der Waals surface area contributed by atoms with Gasteiger partial charge in [0.2, 0.25) is 5.91 Å². The van der Waals surface area contributed by atoms with Crippen LogP contribution >= 0.6 is 11.6 Å². The van der Waals surface area contributed by atoms with Crippen LogP contribution in [-0.2, 0) is 11.4 Å². The Balaban J connectivity index is 1.40. The summed E-state index contributed by atoms with van der Waals surface area (Å²) < 4.78 is 6.09. The molecule has 3 aromatic rings. The van der Waals surface area contributed by atoms with Crippen LogP contribution in [0.1, 0.15) is 64.4 Å². The lowest BCUT2D eigenvalue weighted by Crippen LogP contribution is -2.44. The molecule has 0 aliphatic carbocycles. The van der Waals surface area contributed by atoms with Crippen molar-refractivity contribution in [2.45, 2.75) is 59.6 Å². The molecule has 0 atom stereocenters. The normalized spacial score (nSPS) is 14.4. The summed E-state index contributed by atoms with van der Waals surface area (Å²) in [5.74, 6) is 0.645. The highest BCUT2D eigenvalue weighted by atomic mass is 35.5. The standard InChI is InChI=1S/C34H39ClN2O3/c1-23-19-34(33(35)20-29(23)21-38)40-22-28-11-8-13-32(25(28)3)31-12-7-10-27(24(31)2)9-5-6-16-37-17-14-30(15-18-37)36-26(4)39/h5,7-13,19-21,30H,6,14-18,22H2,1-4H3,(H,36,39)/b9-5+. The highest BCUT2D eigenvalue weighted by Crippen LogP contribution is 2.32. The van der Waals surface area contributed by atoms with E-state index in [1.54, 1.807) is 13.0 Å². The van der Waals surface area contributed by atoms with Gasteiger partial charge in [-0.2, -0.15) is 0 Å². The van der Waals surface area contributed by atoms with E-state index in [9.17, 15) is 9.59 Å². The number of halogens is 1. The summed E-state index contributed by atoms with van der Waals surface area (Å²) in [4.78, 5) is 25.0. The van der Waals surface area contributed by atoms with Gasteiger partial charge in [0.05, 0.1) is 5.02 Å². The van der Waals surface area contributed by atoms with Crippen molar-refractivity contribution in [3.8, 4) is 16.9 Å². The number of amides is 1. The van der Waals surface area contributed by atoms with Crippen molar-refractivity contribution in [1.82, 2.24) is 10.2 Å². The van der Waals surface area contributed by atoms with Gasteiger partial charge in [0.25, 0.3) is 0 Å². The molecule has 1 amide bonds. The van der Waals surface area contributed by atoms with Crippen molar-refractivity contribution in [2.75, 3.05) is 19.6 Å². The number of nitrogens with zero attached hydrogens (tertiary/aromatic N) is 1. The Morgan fingerprint density at radius 3 is 2.42 bits per heavy atom. The first kappa shape index (κ1) is 29.6. The number of rotatable bonds is 10. The average molecular weight is 559 g/mol. The molecule has 3 aromatic carbocycles. The maximum absolute atomic E-state index is 11.3. The minimum absolute atomic E-state index is 0.0662. The summed E-state index contributed by atoms with van der Waals surface area (Å²) in [7, 11) is 0. The van der Waals surface area contributed by atoms with Crippen LogP contribution in [0, 0.1) is 20.8 Å². The summed E-state index contributed by atoms with van der Waals surface area (Å²) in [6.07, 6.45) is 8.35. The summed E-state index contributed by atoms with van der Waals surface area (Å²) >= 11 is 6.36. The first-order chi connectivity index (χ1) is 19.3. The second-order valence-corrected chi connectivity index (χ2v) is 11.1. The maximum Gasteiger partial charge on any atom is 0.217 e. The second kappa shape index (κ2) is 13.8. The number of ether oxygens (including phenoxy) is 1. The van der Waals surface area contributed by atoms with Crippen molar-refractivity contribution in [1.29, 1.82) is 0 Å². The van der Waals surface area contributed by atoms with Crippen molar-refractivity contribution in [3.63, 3.8) is 0 Å². The number of carbonyl (C=O) groups excluding carboxylic acids is 2. The van der Waals surface area contributed by atoms with E-state index in [-0.39, 0.29) is 5.91 Å². The molecule has 0 spiro atoms. The highest BCUT2D eigenvalue weighted by molar-refractivity contribution is 6.32. The van der Waals surface area contributed by atoms with Gasteiger partial charge < -0.3 is 15.0 Å². The molecule has 1 heterocycles. The number of carbonyl (C=O) groups is 2. The van der Waals surface area contributed by atoms with E-state index in [1.807, 2.05) is 13.0 Å². The van der Waals surface area contributed by atoms with Crippen molar-refractivity contribution >= 4 is 29.9 Å². The number of aryl methyl sites for hydroxylation is 1. The Kier molecular flexibility index (Phi) is 10.2. The number of hydrogen-bond donors (Lipinski definition) is 1. The predicted octanol–water partition coefficient (Wildman–Crippen LogP) is 7.33. The number of nitrogens with one attached hydrogen (secondary N) is 1. The van der Waals surface area contributed by atoms with Crippen LogP contribution in [0.25, 0.3) is 17.2 Å². The number of likely N-dealkylation sites (tertiary alicyclic amines) is 1. The van der Waals surface area contributed by atoms with E-state index in [1.165, 1.54) is 27.8 Å². The second-order valence-electron chi connectivity index (χ2n) is 10.7. The van der Waals surface area contributed by atoms with Gasteiger partial charge in [-0.3, -0.25) is 9.59 Å². The van der Waals surface area contributed by atoms with Gasteiger partial charge in [-0.05, 0) is 91.1 Å². The minimum Gasteiger partial charge on any atom is -0.487 e. The molecule has 4 rings (SSSR count). The molecule has 0 saturated carbocycles. The average Bonchev–Trinajstić information content (AvgIpc) is 2.93. The lowest BCUT2D eigenvalue weighted by Gasteiger charge is -2.31. The lowest BCUT2D eigenvalue weighted by atomic mass is 9.91. The van der Waals surface area contributed by atoms with Gasteiger partial charge >= 0.3 is 0 Å². The van der Waals surface area contributed by atoms with Crippen molar-refractivity contribution < 1.29 is 14.3 Å². The van der Waals surface area contributed by atoms with Crippen molar-refractivity contribution in [3.05, 3.63) is 93.0 Å². The number of aldehydes is 1. The fourth-order valence-corrected chi connectivity index (χ4v) is 5.60. The third kappa shape index (κ3) is 7.41. The molecule has 1 saturated heterocycles. The zero-order valence-electron chi connectivity index (χ0n) is 23.9. The third-order valence-corrected chi connectivity index (χ3v) is 8.14. The first-order valence-corrected chi connectivity index (χ1v) is 14.4. The molecule has 1 fully saturated rings. The largest absolute Gasteiger partial charge is 0.487 e. The summed E-state index contributed by atoms with van der Waals surface area (Å²) in [5.41, 5.74) is 8.55. The van der Waals surface area contributed by atoms with Crippen LogP contribution in [0.15, 0.2) is 54.6 Å². The summed E-state index contributed by atoms with van der Waals surface area (Å²) in [6.45, 7) is 11.3. The minimum atomic E-state index is 0.0662. The Morgan fingerprint density at radius 2 is 1.73 bits per heavy atom. The van der Waals surface area contributed by atoms with Gasteiger partial charge in [-0.25, -0.2) is 0 Å². The van der Waals surface area contributed by atoms with Gasteiger partial charge in [0, 0.05) is 38.2 Å². The monoisotopic (exact) mass is 558 g/mol. The SMILES string of the molecule is CC(=O)NC1CCN(CC/C=C/c2cccc(-c3cccc(COc4cc(C)c(C=O)cc4Cl)c3C)c2C)CC1. The molecule has 6 heteroatoms. The fraction of sp³-hybridized carbons (Fsp3) is 0.353. The predicted molar refractivity (Wildman–Crippen MR) is 164 cm³/mol. The molecule has 0 radical (unpaired) electrons. The Bertz CT molecular complexity index is 1390. The lowest BCUT2D eigenvalue weighted by molar-refractivity contribution is -0.119. The molecule has 5 nitrogen and oxygen atoms in total. The maximum atomic E-state index is 11.3. The zero-order valence-corrected chi connectivity index (χ0v) is 24.7. The van der Waals surface area contributed by atoms with E-state index in [2.05, 4.69) is 72.6 Å². The quantitative estimate of drug-likeness (QED) is 0.265. The van der Waals surface area contributed by atoms with Gasteiger partial charge in [-0.15, -0.1) is 0 Å². The number of piperidine rings is 1. The van der Waals surface area contributed by atoms with E-state index < -0.39 is 0 Å². The van der Waals surface area contributed by atoms with Crippen molar-refractivity contribution in [2.24, 2.45) is 0 Å². The highest BCUT2D eigenvalue weighted by Gasteiger charge is 2.19. The zero-order chi connectivity index (χ0) is 28.6. The van der Waals surface area contributed by atoms with E-state index >= 15 is 0 Å². The van der Waals surface area contributed by atoms with Gasteiger partial charge in [0.15, 0.2) is 0 Å². The summed E-state index contributed by atoms with van der Waals surface area (Å²) in [5, 5.41) is 3.48. The van der Waals surface area contributed by atoms with Gasteiger partial charge in [-0.1, -0.05) is 60.2 Å². The Morgan fingerprint density at radius 1 is 1.02 bits per heavy atom. The van der Waals surface area contributed by atoms with Crippen LogP contribution in [-0.4, -0.2) is 42.8 Å². The van der Waals surface area contributed by atoms with Crippen LogP contribution in [0.2, 0.25) is 5.02 Å². The topological polar surface area (TPSA) is 58.6 Å². The molecular weight excluding hydrogens is 520 g/mol. The molecule has 1 aliphatic rings. The smallest absolute Gasteiger partial charge is 0.217 e. The van der Waals surface area contributed by atoms with E-state index in [0.717, 1.165) is 56.3 Å². The van der Waals surface area contributed by atoms with E-state index in [4.69, 9.17) is 16.3 Å². The van der Waals surface area contributed by atoms with Crippen LogP contribution in [0.4, 0.5) is 0 Å². The number of hydrogen-bond acceptors (Lipinski definition) is 4. The van der Waals surface area contributed by atoms with Crippen LogP contribution in [0.5, 0.6) is 5.75 Å². The number of benzene rings is 3. The molecule has 0 aromatic heterocycles. The first-order valence-electron chi connectivity index (χ1n) is 14.0. The van der Waals surface area contributed by atoms with E-state index in [0.29, 0.717) is 29.0 Å². The molecule has 1 aliphatic heterocycles. The van der Waals surface area contributed by atoms with Crippen LogP contribution < -0.4 is 10.1 Å². The Labute approximate surface area is 243 Å². The molecular formula is C34H39ClN2O3. The van der Waals surface area contributed by atoms with Crippen LogP contribution in [0.3, 0.4) is 0 Å². The molecule has 0 bridgehead atoms. The third-order valence-electron chi connectivity index (χ3n) is 7.85. The molecule has 0 unspecified atom stereocenters. The molecule has 210 valence electrons.